The first-order chi connectivity index (χ1) is 15.4. The zero-order valence-electron chi connectivity index (χ0n) is 17.9. The van der Waals surface area contributed by atoms with Crippen LogP contribution in [-0.2, 0) is 14.8 Å². The van der Waals surface area contributed by atoms with Crippen LogP contribution >= 0.6 is 22.7 Å². The van der Waals surface area contributed by atoms with Gasteiger partial charge in [0.05, 0.1) is 22.1 Å². The summed E-state index contributed by atoms with van der Waals surface area (Å²) in [7, 11) is -3.59. The molecule has 2 aromatic heterocycles. The van der Waals surface area contributed by atoms with Gasteiger partial charge in [0.2, 0.25) is 15.9 Å². The summed E-state index contributed by atoms with van der Waals surface area (Å²) >= 11 is 3.07. The minimum atomic E-state index is -3.59. The number of thiophene rings is 1. The van der Waals surface area contributed by atoms with Gasteiger partial charge in [0.1, 0.15) is 5.75 Å². The van der Waals surface area contributed by atoms with Crippen molar-refractivity contribution in [2.75, 3.05) is 25.0 Å². The lowest BCUT2D eigenvalue weighted by Crippen LogP contribution is -2.41. The standard InChI is InChI=1S/C22H25N3O4S3/c1-3-29-17-5-7-18(8-6-17)32(27,28)25-12-10-16(11-13-25)21(26)24-22-23-19(14-30-22)20-9-4-15(2)31-20/h4-9,14,16H,3,10-13H2,1-2H3,(H,23,24,26). The predicted molar refractivity (Wildman–Crippen MR) is 128 cm³/mol. The molecule has 1 fully saturated rings. The van der Waals surface area contributed by atoms with Crippen LogP contribution in [0.3, 0.4) is 0 Å². The second-order valence-corrected chi connectivity index (χ2v) is 11.6. The van der Waals surface area contributed by atoms with E-state index in [1.807, 2.05) is 31.4 Å². The van der Waals surface area contributed by atoms with Gasteiger partial charge in [-0.05, 0) is 63.1 Å². The number of anilines is 1. The van der Waals surface area contributed by atoms with Crippen molar-refractivity contribution in [2.24, 2.45) is 5.92 Å². The summed E-state index contributed by atoms with van der Waals surface area (Å²) in [6, 6.07) is 10.5. The smallest absolute Gasteiger partial charge is 0.243 e. The summed E-state index contributed by atoms with van der Waals surface area (Å²) in [5.74, 6) is 0.297. The van der Waals surface area contributed by atoms with Gasteiger partial charge in [-0.25, -0.2) is 13.4 Å². The third-order valence-electron chi connectivity index (χ3n) is 5.32. The number of hydrogen-bond donors (Lipinski definition) is 1. The number of rotatable bonds is 7. The monoisotopic (exact) mass is 491 g/mol. The van der Waals surface area contributed by atoms with Crippen molar-refractivity contribution in [3.8, 4) is 16.3 Å². The Kier molecular flexibility index (Phi) is 6.94. The molecule has 1 aliphatic rings. The van der Waals surface area contributed by atoms with Crippen LogP contribution < -0.4 is 10.1 Å². The number of benzene rings is 1. The molecule has 1 aromatic carbocycles. The summed E-state index contributed by atoms with van der Waals surface area (Å²) < 4.78 is 32.7. The maximum absolute atomic E-state index is 12.9. The molecule has 0 bridgehead atoms. The fraction of sp³-hybridized carbons (Fsp3) is 0.364. The van der Waals surface area contributed by atoms with Crippen LogP contribution in [0.4, 0.5) is 5.13 Å². The number of aromatic nitrogens is 1. The summed E-state index contributed by atoms with van der Waals surface area (Å²) in [5.41, 5.74) is 0.861. The molecule has 3 aromatic rings. The molecular formula is C22H25N3O4S3. The van der Waals surface area contributed by atoms with Crippen molar-refractivity contribution in [3.63, 3.8) is 0 Å². The van der Waals surface area contributed by atoms with E-state index in [0.29, 0.717) is 43.4 Å². The molecule has 0 atom stereocenters. The summed E-state index contributed by atoms with van der Waals surface area (Å²) in [6.45, 7) is 5.07. The number of amides is 1. The Balaban J connectivity index is 1.34. The number of nitrogens with one attached hydrogen (secondary N) is 1. The zero-order valence-corrected chi connectivity index (χ0v) is 20.4. The Bertz CT molecular complexity index is 1180. The second kappa shape index (κ2) is 9.70. The van der Waals surface area contributed by atoms with Crippen LogP contribution in [-0.4, -0.2) is 43.3 Å². The minimum absolute atomic E-state index is 0.105. The molecule has 1 aliphatic heterocycles. The highest BCUT2D eigenvalue weighted by atomic mass is 32.2. The third-order valence-corrected chi connectivity index (χ3v) is 9.02. The van der Waals surface area contributed by atoms with E-state index in [-0.39, 0.29) is 16.7 Å². The first-order valence-electron chi connectivity index (χ1n) is 10.4. The van der Waals surface area contributed by atoms with Crippen molar-refractivity contribution in [1.29, 1.82) is 0 Å². The maximum Gasteiger partial charge on any atom is 0.243 e. The number of ether oxygens (including phenoxy) is 1. The SMILES string of the molecule is CCOc1ccc(S(=O)(=O)N2CCC(C(=O)Nc3nc(-c4ccc(C)s4)cs3)CC2)cc1. The lowest BCUT2D eigenvalue weighted by atomic mass is 9.97. The maximum atomic E-state index is 12.9. The molecule has 0 spiro atoms. The van der Waals surface area contributed by atoms with Crippen LogP contribution in [0.15, 0.2) is 46.7 Å². The molecule has 0 saturated carbocycles. The molecule has 4 rings (SSSR count). The summed E-state index contributed by atoms with van der Waals surface area (Å²) in [6.07, 6.45) is 0.953. The number of sulfonamides is 1. The minimum Gasteiger partial charge on any atom is -0.494 e. The third kappa shape index (κ3) is 5.03. The molecule has 170 valence electrons. The first kappa shape index (κ1) is 22.9. The molecule has 1 N–H and O–H groups in total. The molecule has 32 heavy (non-hydrogen) atoms. The fourth-order valence-corrected chi connectivity index (χ4v) is 6.69. The van der Waals surface area contributed by atoms with Crippen LogP contribution in [0.5, 0.6) is 5.75 Å². The second-order valence-electron chi connectivity index (χ2n) is 7.52. The van der Waals surface area contributed by atoms with Crippen LogP contribution in [0.25, 0.3) is 10.6 Å². The van der Waals surface area contributed by atoms with E-state index in [9.17, 15) is 13.2 Å². The fourth-order valence-electron chi connectivity index (χ4n) is 3.61. The molecule has 0 aliphatic carbocycles. The van der Waals surface area contributed by atoms with E-state index >= 15 is 0 Å². The number of piperidine rings is 1. The zero-order chi connectivity index (χ0) is 22.7. The van der Waals surface area contributed by atoms with Gasteiger partial charge in [-0.2, -0.15) is 4.31 Å². The Morgan fingerprint density at radius 3 is 2.53 bits per heavy atom. The molecule has 7 nitrogen and oxygen atoms in total. The molecular weight excluding hydrogens is 466 g/mol. The summed E-state index contributed by atoms with van der Waals surface area (Å²) in [4.78, 5) is 19.8. The Labute approximate surface area is 196 Å². The van der Waals surface area contributed by atoms with Crippen molar-refractivity contribution < 1.29 is 17.9 Å². The average Bonchev–Trinajstić information content (AvgIpc) is 3.43. The van der Waals surface area contributed by atoms with E-state index in [1.54, 1.807) is 35.6 Å². The van der Waals surface area contributed by atoms with Crippen molar-refractivity contribution in [1.82, 2.24) is 9.29 Å². The molecule has 0 unspecified atom stereocenters. The van der Waals surface area contributed by atoms with E-state index in [2.05, 4.69) is 10.3 Å². The molecule has 3 heterocycles. The van der Waals surface area contributed by atoms with Crippen LogP contribution in [0.1, 0.15) is 24.6 Å². The number of carbonyl (C=O) groups is 1. The summed E-state index contributed by atoms with van der Waals surface area (Å²) in [5, 5.41) is 5.41. The molecule has 10 heteroatoms. The van der Waals surface area contributed by atoms with Gasteiger partial charge < -0.3 is 10.1 Å². The van der Waals surface area contributed by atoms with Crippen molar-refractivity contribution >= 4 is 43.7 Å². The van der Waals surface area contributed by atoms with Crippen molar-refractivity contribution in [2.45, 2.75) is 31.6 Å². The largest absolute Gasteiger partial charge is 0.494 e. The normalized spacial score (nSPS) is 15.6. The molecule has 1 saturated heterocycles. The van der Waals surface area contributed by atoms with E-state index in [4.69, 9.17) is 4.74 Å². The van der Waals surface area contributed by atoms with Gasteiger partial charge in [-0.3, -0.25) is 4.79 Å². The number of aryl methyl sites for hydroxylation is 1. The number of thiazole rings is 1. The highest BCUT2D eigenvalue weighted by Gasteiger charge is 2.32. The Morgan fingerprint density at radius 2 is 1.91 bits per heavy atom. The lowest BCUT2D eigenvalue weighted by molar-refractivity contribution is -0.120. The topological polar surface area (TPSA) is 88.6 Å². The number of nitrogens with zero attached hydrogens (tertiary/aromatic N) is 2. The van der Waals surface area contributed by atoms with Crippen LogP contribution in [0, 0.1) is 12.8 Å². The number of carbonyl (C=O) groups excluding carboxylic acids is 1. The highest BCUT2D eigenvalue weighted by molar-refractivity contribution is 7.89. The predicted octanol–water partition coefficient (Wildman–Crippen LogP) is 4.62. The van der Waals surface area contributed by atoms with Gasteiger partial charge in [-0.15, -0.1) is 22.7 Å². The van der Waals surface area contributed by atoms with E-state index < -0.39 is 10.0 Å². The highest BCUT2D eigenvalue weighted by Crippen LogP contribution is 2.31. The number of hydrogen-bond acceptors (Lipinski definition) is 7. The van der Waals surface area contributed by atoms with Gasteiger partial charge in [-0.1, -0.05) is 0 Å². The van der Waals surface area contributed by atoms with Crippen molar-refractivity contribution in [3.05, 3.63) is 46.7 Å². The quantitative estimate of drug-likeness (QED) is 0.521. The average molecular weight is 492 g/mol. The Hall–Kier alpha value is -2.27. The molecule has 1 amide bonds. The van der Waals surface area contributed by atoms with Gasteiger partial charge >= 0.3 is 0 Å². The van der Waals surface area contributed by atoms with Gasteiger partial charge in [0, 0.05) is 29.3 Å². The van der Waals surface area contributed by atoms with E-state index in [1.165, 1.54) is 20.5 Å². The lowest BCUT2D eigenvalue weighted by Gasteiger charge is -2.30. The molecule has 0 radical (unpaired) electrons. The van der Waals surface area contributed by atoms with Crippen LogP contribution in [0.2, 0.25) is 0 Å². The van der Waals surface area contributed by atoms with Gasteiger partial charge in [0.15, 0.2) is 5.13 Å². The van der Waals surface area contributed by atoms with E-state index in [0.717, 1.165) is 10.6 Å². The first-order valence-corrected chi connectivity index (χ1v) is 13.6. The van der Waals surface area contributed by atoms with Gasteiger partial charge in [0.25, 0.3) is 0 Å². The Morgan fingerprint density at radius 1 is 1.19 bits per heavy atom.